The zero-order chi connectivity index (χ0) is 11.2. The molecule has 0 fully saturated rings. The Balaban J connectivity index is 3.36. The first kappa shape index (κ1) is 14.1. The molecule has 0 unspecified atom stereocenters. The Morgan fingerprint density at radius 1 is 1.07 bits per heavy atom. The van der Waals surface area contributed by atoms with Gasteiger partial charge in [0.2, 0.25) is 0 Å². The van der Waals surface area contributed by atoms with Crippen LogP contribution < -0.4 is 0 Å². The molecular formula is C8H19O4PS. The average Bonchev–Trinajstić information content (AvgIpc) is 1.92. The Morgan fingerprint density at radius 2 is 1.57 bits per heavy atom. The summed E-state index contributed by atoms with van der Waals surface area (Å²) in [5.74, 6) is -0.164. The number of hydrogen-bond acceptors (Lipinski definition) is 3. The van der Waals surface area contributed by atoms with E-state index in [9.17, 15) is 13.0 Å². The molecule has 0 aliphatic rings. The third-order valence-corrected chi connectivity index (χ3v) is 4.05. The second-order valence-electron chi connectivity index (χ2n) is 4.00. The average molecular weight is 242 g/mol. The van der Waals surface area contributed by atoms with Gasteiger partial charge in [-0.3, -0.25) is 4.55 Å². The van der Waals surface area contributed by atoms with Crippen LogP contribution in [0.25, 0.3) is 0 Å². The summed E-state index contributed by atoms with van der Waals surface area (Å²) >= 11 is 0. The lowest BCUT2D eigenvalue weighted by Gasteiger charge is -2.05. The van der Waals surface area contributed by atoms with Crippen molar-refractivity contribution in [3.05, 3.63) is 0 Å². The lowest BCUT2D eigenvalue weighted by atomic mass is 10.2. The molecule has 14 heavy (non-hydrogen) atoms. The molecule has 86 valence electrons. The smallest absolute Gasteiger partial charge is 0.264 e. The van der Waals surface area contributed by atoms with Crippen molar-refractivity contribution < 1.29 is 17.5 Å². The van der Waals surface area contributed by atoms with Gasteiger partial charge in [0, 0.05) is 6.16 Å². The first-order valence-corrected chi connectivity index (χ1v) is 9.09. The van der Waals surface area contributed by atoms with Crippen molar-refractivity contribution in [2.24, 2.45) is 0 Å². The van der Waals surface area contributed by atoms with E-state index in [1.165, 1.54) is 0 Å². The molecule has 0 aromatic carbocycles. The maximum atomic E-state index is 11.3. The van der Waals surface area contributed by atoms with Crippen LogP contribution in [-0.4, -0.2) is 38.2 Å². The summed E-state index contributed by atoms with van der Waals surface area (Å²) in [6.45, 7) is 3.51. The molecule has 6 heteroatoms. The maximum absolute atomic E-state index is 11.3. The minimum absolute atomic E-state index is 0.164. The zero-order valence-electron chi connectivity index (χ0n) is 8.77. The third-order valence-electron chi connectivity index (χ3n) is 1.85. The monoisotopic (exact) mass is 242 g/mol. The third kappa shape index (κ3) is 12.1. The Hall–Kier alpha value is 0.140. The van der Waals surface area contributed by atoms with Crippen LogP contribution in [0.5, 0.6) is 0 Å². The predicted molar refractivity (Wildman–Crippen MR) is 59.2 cm³/mol. The van der Waals surface area contributed by atoms with Crippen LogP contribution in [0.4, 0.5) is 0 Å². The van der Waals surface area contributed by atoms with Crippen LogP contribution in [0.3, 0.4) is 0 Å². The minimum Gasteiger partial charge on any atom is -0.324 e. The second kappa shape index (κ2) is 5.89. The minimum atomic E-state index is -3.79. The normalized spacial score (nSPS) is 13.1. The van der Waals surface area contributed by atoms with Gasteiger partial charge in [0.05, 0.1) is 12.9 Å². The Morgan fingerprint density at radius 3 is 2.00 bits per heavy atom. The van der Waals surface area contributed by atoms with Gasteiger partial charge < -0.3 is 4.57 Å². The quantitative estimate of drug-likeness (QED) is 0.421. The summed E-state index contributed by atoms with van der Waals surface area (Å²) in [6.07, 6.45) is 3.71. The Labute approximate surface area is 86.2 Å². The molecule has 0 amide bonds. The van der Waals surface area contributed by atoms with Crippen molar-refractivity contribution in [1.29, 1.82) is 0 Å². The van der Waals surface area contributed by atoms with E-state index >= 15 is 0 Å². The molecule has 1 N–H and O–H groups in total. The lowest BCUT2D eigenvalue weighted by Crippen LogP contribution is -2.03. The van der Waals surface area contributed by atoms with Crippen molar-refractivity contribution in [2.75, 3.05) is 25.2 Å². The Bertz CT molecular complexity index is 290. The second-order valence-corrected chi connectivity index (χ2v) is 9.16. The highest BCUT2D eigenvalue weighted by molar-refractivity contribution is 7.85. The topological polar surface area (TPSA) is 71.4 Å². The summed E-state index contributed by atoms with van der Waals surface area (Å²) in [5, 5.41) is 0. The largest absolute Gasteiger partial charge is 0.324 e. The van der Waals surface area contributed by atoms with Crippen molar-refractivity contribution in [2.45, 2.75) is 25.7 Å². The molecule has 0 heterocycles. The molecule has 0 aromatic rings. The van der Waals surface area contributed by atoms with E-state index in [1.807, 2.05) is 0 Å². The van der Waals surface area contributed by atoms with E-state index in [4.69, 9.17) is 4.55 Å². The van der Waals surface area contributed by atoms with E-state index in [1.54, 1.807) is 13.3 Å². The summed E-state index contributed by atoms with van der Waals surface area (Å²) in [6, 6.07) is 0. The van der Waals surface area contributed by atoms with Gasteiger partial charge in [0.15, 0.2) is 0 Å². The van der Waals surface area contributed by atoms with Crippen LogP contribution in [0.15, 0.2) is 0 Å². The van der Waals surface area contributed by atoms with Crippen LogP contribution >= 0.6 is 7.14 Å². The maximum Gasteiger partial charge on any atom is 0.264 e. The molecule has 0 saturated heterocycles. The fourth-order valence-electron chi connectivity index (χ4n) is 1.13. The van der Waals surface area contributed by atoms with Gasteiger partial charge in [-0.05, 0) is 26.2 Å². The standard InChI is InChI=1S/C8H19O4PS/c1-13(2,9)7-5-3-4-6-8-14(10,11)12/h3-8H2,1-2H3,(H,10,11,12). The van der Waals surface area contributed by atoms with E-state index in [0.717, 1.165) is 25.4 Å². The van der Waals surface area contributed by atoms with Gasteiger partial charge in [-0.1, -0.05) is 12.8 Å². The highest BCUT2D eigenvalue weighted by Gasteiger charge is 2.06. The van der Waals surface area contributed by atoms with Gasteiger partial charge in [-0.2, -0.15) is 8.42 Å². The zero-order valence-corrected chi connectivity index (χ0v) is 10.5. The van der Waals surface area contributed by atoms with Gasteiger partial charge >= 0.3 is 0 Å². The predicted octanol–water partition coefficient (Wildman–Crippen LogP) is 2.06. The van der Waals surface area contributed by atoms with E-state index in [0.29, 0.717) is 6.42 Å². The molecule has 0 aliphatic heterocycles. The van der Waals surface area contributed by atoms with Crippen LogP contribution in [0.1, 0.15) is 25.7 Å². The van der Waals surface area contributed by atoms with Gasteiger partial charge in [0.1, 0.15) is 0 Å². The molecule has 0 bridgehead atoms. The molecule has 0 saturated carbocycles. The first-order chi connectivity index (χ1) is 6.21. The van der Waals surface area contributed by atoms with E-state index < -0.39 is 17.3 Å². The summed E-state index contributed by atoms with van der Waals surface area (Å²) < 4.78 is 40.4. The highest BCUT2D eigenvalue weighted by atomic mass is 32.2. The van der Waals surface area contributed by atoms with E-state index in [2.05, 4.69) is 0 Å². The van der Waals surface area contributed by atoms with Gasteiger partial charge in [-0.25, -0.2) is 0 Å². The first-order valence-electron chi connectivity index (χ1n) is 4.70. The van der Waals surface area contributed by atoms with Crippen molar-refractivity contribution in [1.82, 2.24) is 0 Å². The molecule has 0 aliphatic carbocycles. The number of rotatable bonds is 7. The van der Waals surface area contributed by atoms with Crippen molar-refractivity contribution >= 4 is 17.3 Å². The molecule has 0 atom stereocenters. The van der Waals surface area contributed by atoms with Crippen molar-refractivity contribution in [3.8, 4) is 0 Å². The fourth-order valence-corrected chi connectivity index (χ4v) is 2.68. The molecule has 4 nitrogen and oxygen atoms in total. The van der Waals surface area contributed by atoms with Crippen molar-refractivity contribution in [3.63, 3.8) is 0 Å². The van der Waals surface area contributed by atoms with Crippen LogP contribution in [0.2, 0.25) is 0 Å². The molecule has 0 aromatic heterocycles. The lowest BCUT2D eigenvalue weighted by molar-refractivity contribution is 0.479. The van der Waals surface area contributed by atoms with Crippen LogP contribution in [-0.2, 0) is 14.7 Å². The van der Waals surface area contributed by atoms with Gasteiger partial charge in [-0.15, -0.1) is 0 Å². The summed E-state index contributed by atoms with van der Waals surface area (Å²) in [4.78, 5) is 0. The SMILES string of the molecule is CP(C)(=O)CCCCCCS(=O)(=O)O. The number of hydrogen-bond donors (Lipinski definition) is 1. The molecule has 0 spiro atoms. The summed E-state index contributed by atoms with van der Waals surface area (Å²) in [5.41, 5.74) is 0. The van der Waals surface area contributed by atoms with Crippen LogP contribution in [0, 0.1) is 0 Å². The van der Waals surface area contributed by atoms with Gasteiger partial charge in [0.25, 0.3) is 10.1 Å². The molecule has 0 rings (SSSR count). The molecule has 0 radical (unpaired) electrons. The summed E-state index contributed by atoms with van der Waals surface area (Å²) in [7, 11) is -5.71. The number of unbranched alkanes of at least 4 members (excludes halogenated alkanes) is 3. The fraction of sp³-hybridized carbons (Fsp3) is 1.00. The Kier molecular flexibility index (Phi) is 5.94. The molecular weight excluding hydrogens is 223 g/mol. The van der Waals surface area contributed by atoms with E-state index in [-0.39, 0.29) is 5.75 Å². The highest BCUT2D eigenvalue weighted by Crippen LogP contribution is 2.36.